The van der Waals surface area contributed by atoms with Gasteiger partial charge < -0.3 is 9.84 Å². The Labute approximate surface area is 161 Å². The van der Waals surface area contributed by atoms with Gasteiger partial charge in [-0.3, -0.25) is 4.79 Å². The van der Waals surface area contributed by atoms with Gasteiger partial charge in [-0.25, -0.2) is 9.97 Å². The van der Waals surface area contributed by atoms with Crippen LogP contribution in [0.4, 0.5) is 5.82 Å². The SMILES string of the molecule is Cc1ccc(-c2cc(C(=O)Nc3ccc(Br)cn3)c3c(C)noc3n2)s1. The van der Waals surface area contributed by atoms with Gasteiger partial charge in [0.05, 0.1) is 27.2 Å². The Hall–Kier alpha value is -2.58. The molecule has 0 aromatic carbocycles. The molecule has 130 valence electrons. The predicted molar refractivity (Wildman–Crippen MR) is 104 cm³/mol. The summed E-state index contributed by atoms with van der Waals surface area (Å²) in [5.74, 6) is 0.179. The zero-order chi connectivity index (χ0) is 18.3. The third kappa shape index (κ3) is 3.13. The third-order valence-electron chi connectivity index (χ3n) is 3.82. The lowest BCUT2D eigenvalue weighted by atomic mass is 10.1. The van der Waals surface area contributed by atoms with E-state index >= 15 is 0 Å². The predicted octanol–water partition coefficient (Wildman–Crippen LogP) is 4.98. The van der Waals surface area contributed by atoms with Crippen LogP contribution in [0.3, 0.4) is 0 Å². The van der Waals surface area contributed by atoms with E-state index < -0.39 is 0 Å². The van der Waals surface area contributed by atoms with Crippen molar-refractivity contribution >= 4 is 50.1 Å². The number of fused-ring (bicyclic) bond motifs is 1. The molecular formula is C18H13BrN4O2S. The van der Waals surface area contributed by atoms with Crippen molar-refractivity contribution in [3.63, 3.8) is 0 Å². The molecule has 1 amide bonds. The Morgan fingerprint density at radius 3 is 2.77 bits per heavy atom. The summed E-state index contributed by atoms with van der Waals surface area (Å²) in [6.07, 6.45) is 1.63. The van der Waals surface area contributed by atoms with Gasteiger partial charge in [0.1, 0.15) is 5.82 Å². The molecule has 0 atom stereocenters. The van der Waals surface area contributed by atoms with Gasteiger partial charge in [0.25, 0.3) is 11.6 Å². The maximum Gasteiger partial charge on any atom is 0.259 e. The van der Waals surface area contributed by atoms with E-state index in [1.807, 2.05) is 25.1 Å². The van der Waals surface area contributed by atoms with Crippen molar-refractivity contribution in [3.05, 3.63) is 57.1 Å². The third-order valence-corrected chi connectivity index (χ3v) is 5.32. The molecule has 0 saturated heterocycles. The summed E-state index contributed by atoms with van der Waals surface area (Å²) in [6.45, 7) is 3.81. The Bertz CT molecular complexity index is 1120. The fourth-order valence-electron chi connectivity index (χ4n) is 2.61. The lowest BCUT2D eigenvalue weighted by molar-refractivity contribution is 0.102. The first-order valence-corrected chi connectivity index (χ1v) is 9.39. The minimum atomic E-state index is -0.284. The number of aryl methyl sites for hydroxylation is 2. The first-order valence-electron chi connectivity index (χ1n) is 7.78. The van der Waals surface area contributed by atoms with Crippen LogP contribution in [0.15, 0.2) is 45.5 Å². The molecule has 0 aliphatic heterocycles. The van der Waals surface area contributed by atoms with Crippen molar-refractivity contribution in [1.82, 2.24) is 15.1 Å². The minimum absolute atomic E-state index is 0.284. The molecular weight excluding hydrogens is 416 g/mol. The van der Waals surface area contributed by atoms with Crippen LogP contribution >= 0.6 is 27.3 Å². The van der Waals surface area contributed by atoms with Gasteiger partial charge in [0.2, 0.25) is 0 Å². The Balaban J connectivity index is 1.80. The fraction of sp³-hybridized carbons (Fsp3) is 0.111. The average Bonchev–Trinajstić information content (AvgIpc) is 3.22. The molecule has 4 aromatic heterocycles. The quantitative estimate of drug-likeness (QED) is 0.497. The van der Waals surface area contributed by atoms with Crippen LogP contribution in [-0.2, 0) is 0 Å². The molecule has 0 radical (unpaired) electrons. The van der Waals surface area contributed by atoms with Crippen molar-refractivity contribution in [3.8, 4) is 10.6 Å². The van der Waals surface area contributed by atoms with Crippen molar-refractivity contribution in [2.45, 2.75) is 13.8 Å². The molecule has 0 unspecified atom stereocenters. The number of aromatic nitrogens is 3. The van der Waals surface area contributed by atoms with Crippen molar-refractivity contribution in [1.29, 1.82) is 0 Å². The maximum atomic E-state index is 12.9. The number of nitrogens with one attached hydrogen (secondary N) is 1. The lowest BCUT2D eigenvalue weighted by Crippen LogP contribution is -2.14. The van der Waals surface area contributed by atoms with E-state index in [9.17, 15) is 4.79 Å². The summed E-state index contributed by atoms with van der Waals surface area (Å²) >= 11 is 4.94. The molecule has 0 aliphatic rings. The number of anilines is 1. The van der Waals surface area contributed by atoms with Gasteiger partial charge >= 0.3 is 0 Å². The highest BCUT2D eigenvalue weighted by molar-refractivity contribution is 9.10. The van der Waals surface area contributed by atoms with Gasteiger partial charge in [-0.05, 0) is 60.1 Å². The van der Waals surface area contributed by atoms with Gasteiger partial charge in [0.15, 0.2) is 0 Å². The molecule has 4 aromatic rings. The number of halogens is 1. The fourth-order valence-corrected chi connectivity index (χ4v) is 3.67. The monoisotopic (exact) mass is 428 g/mol. The molecule has 8 heteroatoms. The number of carbonyl (C=O) groups excluding carboxylic acids is 1. The van der Waals surface area contributed by atoms with Gasteiger partial charge in [-0.1, -0.05) is 5.16 Å². The van der Waals surface area contributed by atoms with E-state index in [4.69, 9.17) is 4.52 Å². The summed E-state index contributed by atoms with van der Waals surface area (Å²) in [6, 6.07) is 9.31. The Kier molecular flexibility index (Phi) is 4.29. The topological polar surface area (TPSA) is 80.9 Å². The number of rotatable bonds is 3. The zero-order valence-corrected chi connectivity index (χ0v) is 16.3. The molecule has 0 saturated carbocycles. The average molecular weight is 429 g/mol. The number of pyridine rings is 2. The van der Waals surface area contributed by atoms with Crippen molar-refractivity contribution in [2.75, 3.05) is 5.32 Å². The van der Waals surface area contributed by atoms with Crippen LogP contribution in [0.25, 0.3) is 21.7 Å². The number of hydrogen-bond donors (Lipinski definition) is 1. The molecule has 4 rings (SSSR count). The van der Waals surface area contributed by atoms with E-state index in [2.05, 4.69) is 36.4 Å². The lowest BCUT2D eigenvalue weighted by Gasteiger charge is -2.07. The highest BCUT2D eigenvalue weighted by atomic mass is 79.9. The van der Waals surface area contributed by atoms with E-state index in [1.54, 1.807) is 36.6 Å². The summed E-state index contributed by atoms with van der Waals surface area (Å²) in [5.41, 5.74) is 2.11. The second kappa shape index (κ2) is 6.62. The minimum Gasteiger partial charge on any atom is -0.335 e. The zero-order valence-electron chi connectivity index (χ0n) is 13.9. The van der Waals surface area contributed by atoms with Gasteiger partial charge in [-0.15, -0.1) is 11.3 Å². The molecule has 0 fully saturated rings. The standard InChI is InChI=1S/C18H13BrN4O2S/c1-9-3-5-14(26-9)13-7-12(16-10(2)23-25-18(16)21-13)17(24)22-15-6-4-11(19)8-20-15/h3-8H,1-2H3,(H,20,22,24). The van der Waals surface area contributed by atoms with Crippen molar-refractivity contribution in [2.24, 2.45) is 0 Å². The number of thiophene rings is 1. The normalized spacial score (nSPS) is 11.0. The molecule has 0 bridgehead atoms. The van der Waals surface area contributed by atoms with E-state index in [0.29, 0.717) is 33.9 Å². The summed E-state index contributed by atoms with van der Waals surface area (Å²) in [4.78, 5) is 23.7. The Morgan fingerprint density at radius 1 is 1.23 bits per heavy atom. The van der Waals surface area contributed by atoms with Crippen LogP contribution in [0.2, 0.25) is 0 Å². The summed E-state index contributed by atoms with van der Waals surface area (Å²) < 4.78 is 6.16. The first kappa shape index (κ1) is 16.9. The highest BCUT2D eigenvalue weighted by Crippen LogP contribution is 2.31. The molecule has 6 nitrogen and oxygen atoms in total. The second-order valence-electron chi connectivity index (χ2n) is 5.73. The second-order valence-corrected chi connectivity index (χ2v) is 7.93. The van der Waals surface area contributed by atoms with Crippen LogP contribution in [0.5, 0.6) is 0 Å². The van der Waals surface area contributed by atoms with Crippen molar-refractivity contribution < 1.29 is 9.32 Å². The van der Waals surface area contributed by atoms with Crippen LogP contribution in [0, 0.1) is 13.8 Å². The molecule has 26 heavy (non-hydrogen) atoms. The smallest absolute Gasteiger partial charge is 0.259 e. The number of amides is 1. The van der Waals surface area contributed by atoms with E-state index in [1.165, 1.54) is 4.88 Å². The molecule has 0 spiro atoms. The van der Waals surface area contributed by atoms with Crippen LogP contribution in [-0.4, -0.2) is 21.0 Å². The number of carbonyl (C=O) groups is 1. The van der Waals surface area contributed by atoms with E-state index in [-0.39, 0.29) is 5.91 Å². The number of nitrogens with zero attached hydrogens (tertiary/aromatic N) is 3. The van der Waals surface area contributed by atoms with E-state index in [0.717, 1.165) is 9.35 Å². The van der Waals surface area contributed by atoms with Gasteiger partial charge in [0, 0.05) is 15.5 Å². The van der Waals surface area contributed by atoms with Gasteiger partial charge in [-0.2, -0.15) is 0 Å². The highest BCUT2D eigenvalue weighted by Gasteiger charge is 2.20. The first-order chi connectivity index (χ1) is 12.5. The molecule has 0 aliphatic carbocycles. The number of hydrogen-bond acceptors (Lipinski definition) is 6. The summed E-state index contributed by atoms with van der Waals surface area (Å²) in [7, 11) is 0. The Morgan fingerprint density at radius 2 is 2.08 bits per heavy atom. The van der Waals surface area contributed by atoms with Crippen LogP contribution < -0.4 is 5.32 Å². The molecule has 4 heterocycles. The van der Waals surface area contributed by atoms with Crippen LogP contribution in [0.1, 0.15) is 20.9 Å². The maximum absolute atomic E-state index is 12.9. The molecule has 1 N–H and O–H groups in total. The summed E-state index contributed by atoms with van der Waals surface area (Å²) in [5, 5.41) is 7.38. The largest absolute Gasteiger partial charge is 0.335 e.